The van der Waals surface area contributed by atoms with E-state index in [1.165, 1.54) is 18.4 Å². The number of para-hydroxylation sites is 1. The van der Waals surface area contributed by atoms with E-state index >= 15 is 0 Å². The number of hydrogen-bond acceptors (Lipinski definition) is 6. The number of carbonyl (C=O) groups is 3. The smallest absolute Gasteiger partial charge is 0.413 e. The van der Waals surface area contributed by atoms with Gasteiger partial charge in [0.1, 0.15) is 10.8 Å². The van der Waals surface area contributed by atoms with Gasteiger partial charge in [0.05, 0.1) is 25.7 Å². The van der Waals surface area contributed by atoms with Crippen LogP contribution in [-0.2, 0) is 22.4 Å². The summed E-state index contributed by atoms with van der Waals surface area (Å²) >= 11 is 1.38. The van der Waals surface area contributed by atoms with Crippen LogP contribution in [0.5, 0.6) is 5.75 Å². The minimum absolute atomic E-state index is 0.148. The van der Waals surface area contributed by atoms with Crippen LogP contribution >= 0.6 is 11.3 Å². The summed E-state index contributed by atoms with van der Waals surface area (Å²) in [5, 5.41) is 5.42. The molecule has 7 nitrogen and oxygen atoms in total. The Morgan fingerprint density at radius 2 is 1.93 bits per heavy atom. The second-order valence-electron chi connectivity index (χ2n) is 5.97. The number of thiophene rings is 1. The molecule has 1 heterocycles. The third kappa shape index (κ3) is 4.65. The van der Waals surface area contributed by atoms with E-state index < -0.39 is 12.0 Å². The lowest BCUT2D eigenvalue weighted by Gasteiger charge is -2.09. The number of benzene rings is 1. The van der Waals surface area contributed by atoms with Crippen LogP contribution in [0.15, 0.2) is 30.3 Å². The van der Waals surface area contributed by atoms with Crippen molar-refractivity contribution in [3.63, 3.8) is 0 Å². The molecule has 1 aliphatic rings. The number of fused-ring (bicyclic) bond motifs is 1. The van der Waals surface area contributed by atoms with Gasteiger partial charge in [0.15, 0.2) is 0 Å². The molecule has 0 radical (unpaired) electrons. The van der Waals surface area contributed by atoms with Gasteiger partial charge in [0.25, 0.3) is 5.91 Å². The molecule has 1 aromatic heterocycles. The van der Waals surface area contributed by atoms with Crippen molar-refractivity contribution in [1.29, 1.82) is 0 Å². The van der Waals surface area contributed by atoms with Crippen LogP contribution in [0.4, 0.5) is 9.80 Å². The van der Waals surface area contributed by atoms with Gasteiger partial charge in [-0.25, -0.2) is 4.79 Å². The average Bonchev–Trinajstić information content (AvgIpc) is 3.23. The van der Waals surface area contributed by atoms with Gasteiger partial charge in [-0.15, -0.1) is 11.3 Å². The Labute approximate surface area is 160 Å². The fourth-order valence-corrected chi connectivity index (χ4v) is 4.21. The fourth-order valence-electron chi connectivity index (χ4n) is 2.91. The molecule has 0 atom stereocenters. The molecule has 27 heavy (non-hydrogen) atoms. The first-order chi connectivity index (χ1) is 13.1. The van der Waals surface area contributed by atoms with Gasteiger partial charge in [0, 0.05) is 4.88 Å². The summed E-state index contributed by atoms with van der Waals surface area (Å²) in [4.78, 5) is 37.2. The van der Waals surface area contributed by atoms with Crippen molar-refractivity contribution in [3.8, 4) is 5.75 Å². The standard InChI is InChI=1S/C19H20N2O5S/c1-25-19(24)21-17(23)16-13-8-5-9-14(13)27-18(16)20-15(22)10-11-26-12-6-3-2-4-7-12/h2-4,6-7H,5,8-11H2,1H3,(H,20,22)(H,21,23,24). The van der Waals surface area contributed by atoms with Gasteiger partial charge in [0.2, 0.25) is 5.91 Å². The van der Waals surface area contributed by atoms with Crippen molar-refractivity contribution in [2.75, 3.05) is 19.0 Å². The molecule has 3 amide bonds. The second kappa shape index (κ2) is 8.68. The maximum Gasteiger partial charge on any atom is 0.413 e. The Kier molecular flexibility index (Phi) is 6.08. The van der Waals surface area contributed by atoms with Crippen molar-refractivity contribution < 1.29 is 23.9 Å². The summed E-state index contributed by atoms with van der Waals surface area (Å²) in [5.41, 5.74) is 1.26. The highest BCUT2D eigenvalue weighted by molar-refractivity contribution is 7.17. The van der Waals surface area contributed by atoms with Crippen LogP contribution in [0.1, 0.15) is 33.6 Å². The van der Waals surface area contributed by atoms with Gasteiger partial charge in [-0.05, 0) is 37.0 Å². The number of aryl methyl sites for hydroxylation is 1. The average molecular weight is 388 g/mol. The molecule has 0 fully saturated rings. The van der Waals surface area contributed by atoms with E-state index in [4.69, 9.17) is 4.74 Å². The molecule has 1 aliphatic carbocycles. The highest BCUT2D eigenvalue weighted by Crippen LogP contribution is 2.39. The zero-order valence-electron chi connectivity index (χ0n) is 14.9. The Morgan fingerprint density at radius 1 is 1.15 bits per heavy atom. The van der Waals surface area contributed by atoms with Crippen LogP contribution in [0, 0.1) is 0 Å². The molecule has 0 saturated heterocycles. The summed E-state index contributed by atoms with van der Waals surface area (Å²) in [7, 11) is 1.19. The monoisotopic (exact) mass is 388 g/mol. The molecule has 0 aliphatic heterocycles. The number of hydrogen-bond donors (Lipinski definition) is 2. The number of nitrogens with one attached hydrogen (secondary N) is 2. The topological polar surface area (TPSA) is 93.7 Å². The summed E-state index contributed by atoms with van der Waals surface area (Å²) in [5.74, 6) is -0.117. The second-order valence-corrected chi connectivity index (χ2v) is 7.07. The van der Waals surface area contributed by atoms with Gasteiger partial charge >= 0.3 is 6.09 Å². The van der Waals surface area contributed by atoms with E-state index in [1.807, 2.05) is 30.3 Å². The first-order valence-electron chi connectivity index (χ1n) is 8.60. The van der Waals surface area contributed by atoms with Crippen LogP contribution < -0.4 is 15.4 Å². The Hall–Kier alpha value is -2.87. The van der Waals surface area contributed by atoms with Crippen molar-refractivity contribution in [1.82, 2.24) is 5.32 Å². The minimum Gasteiger partial charge on any atom is -0.493 e. The molecule has 2 N–H and O–H groups in total. The number of amides is 3. The molecule has 0 saturated carbocycles. The predicted molar refractivity (Wildman–Crippen MR) is 101 cm³/mol. The number of anilines is 1. The van der Waals surface area contributed by atoms with Gasteiger partial charge in [-0.3, -0.25) is 14.9 Å². The quantitative estimate of drug-likeness (QED) is 0.793. The number of imide groups is 1. The molecule has 0 bridgehead atoms. The first-order valence-corrected chi connectivity index (χ1v) is 9.41. The first kappa shape index (κ1) is 18.9. The van der Waals surface area contributed by atoms with E-state index in [1.54, 1.807) is 0 Å². The van der Waals surface area contributed by atoms with Crippen molar-refractivity contribution in [2.45, 2.75) is 25.7 Å². The molecule has 3 rings (SSSR count). The lowest BCUT2D eigenvalue weighted by molar-refractivity contribution is -0.116. The molecule has 0 unspecified atom stereocenters. The van der Waals surface area contributed by atoms with E-state index in [9.17, 15) is 14.4 Å². The molecule has 8 heteroatoms. The lowest BCUT2D eigenvalue weighted by atomic mass is 10.1. The zero-order chi connectivity index (χ0) is 19.2. The van der Waals surface area contributed by atoms with Crippen LogP contribution in [0.2, 0.25) is 0 Å². The zero-order valence-corrected chi connectivity index (χ0v) is 15.7. The highest BCUT2D eigenvalue weighted by Gasteiger charge is 2.28. The lowest BCUT2D eigenvalue weighted by Crippen LogP contribution is -2.31. The molecule has 2 aromatic rings. The van der Waals surface area contributed by atoms with Crippen LogP contribution in [-0.4, -0.2) is 31.6 Å². The summed E-state index contributed by atoms with van der Waals surface area (Å²) in [6.45, 7) is 0.227. The summed E-state index contributed by atoms with van der Waals surface area (Å²) in [6, 6.07) is 9.23. The maximum atomic E-state index is 12.5. The van der Waals surface area contributed by atoms with Crippen LogP contribution in [0.25, 0.3) is 0 Å². The number of methoxy groups -OCH3 is 1. The van der Waals surface area contributed by atoms with Crippen molar-refractivity contribution in [2.24, 2.45) is 0 Å². The number of ether oxygens (including phenoxy) is 2. The third-order valence-corrected chi connectivity index (χ3v) is 5.35. The van der Waals surface area contributed by atoms with E-state index in [0.29, 0.717) is 16.3 Å². The normalized spacial score (nSPS) is 12.2. The van der Waals surface area contributed by atoms with E-state index in [-0.39, 0.29) is 18.9 Å². The predicted octanol–water partition coefficient (Wildman–Crippen LogP) is 3.14. The third-order valence-electron chi connectivity index (χ3n) is 4.14. The number of rotatable bonds is 6. The van der Waals surface area contributed by atoms with E-state index in [2.05, 4.69) is 15.4 Å². The number of alkyl carbamates (subject to hydrolysis) is 1. The Bertz CT molecular complexity index is 847. The summed E-state index contributed by atoms with van der Waals surface area (Å²) < 4.78 is 10.0. The van der Waals surface area contributed by atoms with E-state index in [0.717, 1.165) is 29.7 Å². The SMILES string of the molecule is COC(=O)NC(=O)c1c(NC(=O)CCOc2ccccc2)sc2c1CCC2. The molecule has 1 aromatic carbocycles. The highest BCUT2D eigenvalue weighted by atomic mass is 32.1. The molecular weight excluding hydrogens is 368 g/mol. The van der Waals surface area contributed by atoms with Crippen molar-refractivity contribution in [3.05, 3.63) is 46.3 Å². The van der Waals surface area contributed by atoms with Gasteiger partial charge < -0.3 is 14.8 Å². The minimum atomic E-state index is -0.827. The molecular formula is C19H20N2O5S. The van der Waals surface area contributed by atoms with Crippen molar-refractivity contribution >= 4 is 34.2 Å². The Balaban J connectivity index is 1.64. The largest absolute Gasteiger partial charge is 0.493 e. The Morgan fingerprint density at radius 3 is 2.67 bits per heavy atom. The van der Waals surface area contributed by atoms with Gasteiger partial charge in [-0.1, -0.05) is 18.2 Å². The summed E-state index contributed by atoms with van der Waals surface area (Å²) in [6.07, 6.45) is 1.90. The molecule has 0 spiro atoms. The van der Waals surface area contributed by atoms with Crippen LogP contribution in [0.3, 0.4) is 0 Å². The molecule has 142 valence electrons. The van der Waals surface area contributed by atoms with Gasteiger partial charge in [-0.2, -0.15) is 0 Å². The maximum absolute atomic E-state index is 12.5. The fraction of sp³-hybridized carbons (Fsp3) is 0.316. The number of carbonyl (C=O) groups excluding carboxylic acids is 3.